The van der Waals surface area contributed by atoms with Crippen molar-refractivity contribution in [1.82, 2.24) is 4.90 Å². The number of carbonyl (C=O) groups excluding carboxylic acids is 1. The number of nitrogens with zero attached hydrogens (tertiary/aromatic N) is 1. The summed E-state index contributed by atoms with van der Waals surface area (Å²) in [4.78, 5) is 14.0. The van der Waals surface area contributed by atoms with Gasteiger partial charge >= 0.3 is 0 Å². The highest BCUT2D eigenvalue weighted by molar-refractivity contribution is 5.85. The van der Waals surface area contributed by atoms with Gasteiger partial charge in [0.25, 0.3) is 0 Å². The first-order valence-corrected chi connectivity index (χ1v) is 5.36. The lowest BCUT2D eigenvalue weighted by atomic mass is 9.84. The molecule has 0 aliphatic heterocycles. The molecule has 0 rings (SSSR count). The fourth-order valence-corrected chi connectivity index (χ4v) is 0.864. The minimum atomic E-state index is -0.181. The Bertz CT molecular complexity index is 201. The van der Waals surface area contributed by atoms with E-state index in [1.807, 2.05) is 20.9 Å². The zero-order valence-electron chi connectivity index (χ0n) is 10.8. The SMILES string of the molecule is CCC(C)(C)C(=O)CN(C)C(C)(C)C. The van der Waals surface area contributed by atoms with Crippen LogP contribution in [0.5, 0.6) is 0 Å². The summed E-state index contributed by atoms with van der Waals surface area (Å²) in [6, 6.07) is 0. The van der Waals surface area contributed by atoms with E-state index in [0.29, 0.717) is 12.3 Å². The van der Waals surface area contributed by atoms with Crippen LogP contribution in [0.1, 0.15) is 48.0 Å². The Morgan fingerprint density at radius 3 is 1.86 bits per heavy atom. The highest BCUT2D eigenvalue weighted by Crippen LogP contribution is 2.22. The largest absolute Gasteiger partial charge is 0.298 e. The molecule has 0 saturated carbocycles. The molecule has 0 spiro atoms. The number of Topliss-reactive ketones (excluding diaryl/α,β-unsaturated/α-hetero) is 1. The van der Waals surface area contributed by atoms with Gasteiger partial charge in [-0.25, -0.2) is 0 Å². The van der Waals surface area contributed by atoms with E-state index in [0.717, 1.165) is 6.42 Å². The Balaban J connectivity index is 4.35. The molecule has 0 atom stereocenters. The van der Waals surface area contributed by atoms with Crippen molar-refractivity contribution < 1.29 is 4.79 Å². The maximum atomic E-state index is 11.9. The van der Waals surface area contributed by atoms with Crippen molar-refractivity contribution >= 4 is 5.78 Å². The average molecular weight is 199 g/mol. The standard InChI is InChI=1S/C12H25NO/c1-8-12(5,6)10(14)9-13(7)11(2,3)4/h8-9H2,1-7H3. The third-order valence-corrected chi connectivity index (χ3v) is 3.16. The quantitative estimate of drug-likeness (QED) is 0.694. The number of rotatable bonds is 4. The monoisotopic (exact) mass is 199 g/mol. The molecule has 0 aromatic rings. The van der Waals surface area contributed by atoms with Gasteiger partial charge in [-0.15, -0.1) is 0 Å². The normalized spacial score (nSPS) is 13.4. The molecule has 2 nitrogen and oxygen atoms in total. The van der Waals surface area contributed by atoms with Crippen LogP contribution >= 0.6 is 0 Å². The van der Waals surface area contributed by atoms with Crippen molar-refractivity contribution in [3.8, 4) is 0 Å². The summed E-state index contributed by atoms with van der Waals surface area (Å²) in [7, 11) is 2.00. The molecule has 0 aliphatic rings. The summed E-state index contributed by atoms with van der Waals surface area (Å²) in [6.07, 6.45) is 0.907. The second kappa shape index (κ2) is 4.43. The van der Waals surface area contributed by atoms with Gasteiger partial charge in [-0.2, -0.15) is 0 Å². The van der Waals surface area contributed by atoms with Gasteiger partial charge in [0.1, 0.15) is 0 Å². The van der Waals surface area contributed by atoms with Crippen LogP contribution < -0.4 is 0 Å². The Kier molecular flexibility index (Phi) is 4.32. The van der Waals surface area contributed by atoms with Crippen molar-refractivity contribution in [3.05, 3.63) is 0 Å². The molecule has 0 radical (unpaired) electrons. The molecule has 0 aliphatic carbocycles. The molecular formula is C12H25NO. The van der Waals surface area contributed by atoms with Crippen molar-refractivity contribution in [1.29, 1.82) is 0 Å². The van der Waals surface area contributed by atoms with Crippen LogP contribution in [-0.4, -0.2) is 29.8 Å². The predicted molar refractivity (Wildman–Crippen MR) is 61.5 cm³/mol. The number of hydrogen-bond acceptors (Lipinski definition) is 2. The van der Waals surface area contributed by atoms with Crippen molar-refractivity contribution in [3.63, 3.8) is 0 Å². The van der Waals surface area contributed by atoms with Crippen LogP contribution in [0, 0.1) is 5.41 Å². The van der Waals surface area contributed by atoms with Gasteiger partial charge in [0.05, 0.1) is 6.54 Å². The second-order valence-corrected chi connectivity index (χ2v) is 5.69. The fraction of sp³-hybridized carbons (Fsp3) is 0.917. The summed E-state index contributed by atoms with van der Waals surface area (Å²) in [6.45, 7) is 13.0. The topological polar surface area (TPSA) is 20.3 Å². The Labute approximate surface area is 88.7 Å². The molecule has 0 saturated heterocycles. The minimum absolute atomic E-state index is 0.0689. The summed E-state index contributed by atoms with van der Waals surface area (Å²) in [5.41, 5.74) is -0.112. The molecule has 0 heterocycles. The zero-order chi connectivity index (χ0) is 11.6. The maximum Gasteiger partial charge on any atom is 0.152 e. The van der Waals surface area contributed by atoms with E-state index < -0.39 is 0 Å². The zero-order valence-corrected chi connectivity index (χ0v) is 10.8. The molecule has 0 fully saturated rings. The van der Waals surface area contributed by atoms with Crippen LogP contribution in [0.25, 0.3) is 0 Å². The molecule has 0 bridgehead atoms. The third-order valence-electron chi connectivity index (χ3n) is 3.16. The molecule has 84 valence electrons. The van der Waals surface area contributed by atoms with Crippen LogP contribution in [0.15, 0.2) is 0 Å². The van der Waals surface area contributed by atoms with E-state index in [1.54, 1.807) is 0 Å². The smallest absolute Gasteiger partial charge is 0.152 e. The molecular weight excluding hydrogens is 174 g/mol. The summed E-state index contributed by atoms with van der Waals surface area (Å²) >= 11 is 0. The van der Waals surface area contributed by atoms with E-state index in [9.17, 15) is 4.79 Å². The first kappa shape index (κ1) is 13.6. The van der Waals surface area contributed by atoms with Gasteiger partial charge in [0.2, 0.25) is 0 Å². The molecule has 14 heavy (non-hydrogen) atoms. The van der Waals surface area contributed by atoms with E-state index in [2.05, 4.69) is 32.6 Å². The second-order valence-electron chi connectivity index (χ2n) is 5.69. The van der Waals surface area contributed by atoms with Gasteiger partial charge in [-0.1, -0.05) is 20.8 Å². The molecule has 0 amide bonds. The van der Waals surface area contributed by atoms with Gasteiger partial charge in [0.15, 0.2) is 5.78 Å². The van der Waals surface area contributed by atoms with E-state index in [4.69, 9.17) is 0 Å². The first-order valence-electron chi connectivity index (χ1n) is 5.36. The molecule has 0 aromatic heterocycles. The molecule has 0 N–H and O–H groups in total. The Morgan fingerprint density at radius 2 is 1.57 bits per heavy atom. The molecule has 2 heteroatoms. The lowest BCUT2D eigenvalue weighted by Gasteiger charge is -2.33. The fourth-order valence-electron chi connectivity index (χ4n) is 0.864. The van der Waals surface area contributed by atoms with Crippen molar-refractivity contribution in [2.45, 2.75) is 53.5 Å². The number of carbonyl (C=O) groups is 1. The average Bonchev–Trinajstić information content (AvgIpc) is 2.02. The lowest BCUT2D eigenvalue weighted by molar-refractivity contribution is -0.129. The maximum absolute atomic E-state index is 11.9. The highest BCUT2D eigenvalue weighted by Gasteiger charge is 2.28. The van der Waals surface area contributed by atoms with Gasteiger partial charge in [-0.05, 0) is 34.2 Å². The number of ketones is 1. The van der Waals surface area contributed by atoms with Crippen molar-refractivity contribution in [2.24, 2.45) is 5.41 Å². The van der Waals surface area contributed by atoms with Crippen molar-refractivity contribution in [2.75, 3.05) is 13.6 Å². The highest BCUT2D eigenvalue weighted by atomic mass is 16.1. The van der Waals surface area contributed by atoms with Gasteiger partial charge in [-0.3, -0.25) is 9.69 Å². The van der Waals surface area contributed by atoms with E-state index >= 15 is 0 Å². The van der Waals surface area contributed by atoms with Crippen LogP contribution in [-0.2, 0) is 4.79 Å². The Morgan fingerprint density at radius 1 is 1.14 bits per heavy atom. The van der Waals surface area contributed by atoms with Gasteiger partial charge in [0, 0.05) is 11.0 Å². The lowest BCUT2D eigenvalue weighted by Crippen LogP contribution is -2.44. The predicted octanol–water partition coefficient (Wildman–Crippen LogP) is 2.72. The van der Waals surface area contributed by atoms with Crippen LogP contribution in [0.2, 0.25) is 0 Å². The van der Waals surface area contributed by atoms with Gasteiger partial charge < -0.3 is 0 Å². The number of hydrogen-bond donors (Lipinski definition) is 0. The molecule has 0 aromatic carbocycles. The first-order chi connectivity index (χ1) is 6.11. The van der Waals surface area contributed by atoms with Crippen LogP contribution in [0.4, 0.5) is 0 Å². The van der Waals surface area contributed by atoms with Crippen LogP contribution in [0.3, 0.4) is 0 Å². The van der Waals surface area contributed by atoms with E-state index in [-0.39, 0.29) is 11.0 Å². The summed E-state index contributed by atoms with van der Waals surface area (Å²) in [5.74, 6) is 0.331. The Hall–Kier alpha value is -0.370. The number of likely N-dealkylation sites (N-methyl/N-ethyl adjacent to an activating group) is 1. The summed E-state index contributed by atoms with van der Waals surface area (Å²) < 4.78 is 0. The summed E-state index contributed by atoms with van der Waals surface area (Å²) in [5, 5.41) is 0. The minimum Gasteiger partial charge on any atom is -0.298 e. The third kappa shape index (κ3) is 3.79. The molecule has 0 unspecified atom stereocenters. The van der Waals surface area contributed by atoms with E-state index in [1.165, 1.54) is 0 Å².